The van der Waals surface area contributed by atoms with Crippen LogP contribution in [0.3, 0.4) is 0 Å². The zero-order chi connectivity index (χ0) is 21.6. The van der Waals surface area contributed by atoms with Gasteiger partial charge in [0.15, 0.2) is 5.78 Å². The molecule has 0 radical (unpaired) electrons. The topological polar surface area (TPSA) is 51.1 Å². The van der Waals surface area contributed by atoms with E-state index in [1.54, 1.807) is 7.11 Å². The van der Waals surface area contributed by atoms with E-state index in [1.165, 1.54) is 10.5 Å². The van der Waals surface area contributed by atoms with Crippen LogP contribution in [-0.2, 0) is 11.3 Å². The molecule has 1 aliphatic rings. The van der Waals surface area contributed by atoms with Crippen LogP contribution >= 0.6 is 0 Å². The number of benzene rings is 3. The Morgan fingerprint density at radius 2 is 1.61 bits per heavy atom. The molecule has 1 fully saturated rings. The first-order valence-electron chi connectivity index (χ1n) is 10.9. The summed E-state index contributed by atoms with van der Waals surface area (Å²) in [6, 6.07) is 21.9. The van der Waals surface area contributed by atoms with Gasteiger partial charge in [0.2, 0.25) is 5.91 Å². The minimum absolute atomic E-state index is 0.0304. The van der Waals surface area contributed by atoms with Crippen molar-refractivity contribution < 1.29 is 19.2 Å². The molecule has 160 valence electrons. The molecule has 0 aliphatic carbocycles. The van der Waals surface area contributed by atoms with Crippen LogP contribution in [0.1, 0.15) is 28.8 Å². The summed E-state index contributed by atoms with van der Waals surface area (Å²) in [6.07, 6.45) is 0.537. The highest BCUT2D eigenvalue weighted by Crippen LogP contribution is 2.17. The minimum Gasteiger partial charge on any atom is -0.497 e. The van der Waals surface area contributed by atoms with Gasteiger partial charge in [0.25, 0.3) is 0 Å². The van der Waals surface area contributed by atoms with Gasteiger partial charge >= 0.3 is 0 Å². The van der Waals surface area contributed by atoms with Crippen molar-refractivity contribution in [1.29, 1.82) is 0 Å². The lowest BCUT2D eigenvalue weighted by molar-refractivity contribution is -0.917. The van der Waals surface area contributed by atoms with Crippen molar-refractivity contribution in [3.8, 4) is 5.75 Å². The Bertz CT molecular complexity index is 1050. The SMILES string of the molecule is COc1ccc(C[NH+]2CCN(C(=O)CCC(=O)c3ccc4ccccc4c3)CC2)cc1. The van der Waals surface area contributed by atoms with Crippen LogP contribution in [0.15, 0.2) is 66.7 Å². The van der Waals surface area contributed by atoms with Crippen LogP contribution in [0.4, 0.5) is 0 Å². The number of carbonyl (C=O) groups excluding carboxylic acids is 2. The molecule has 3 aromatic rings. The maximum atomic E-state index is 12.6. The molecule has 1 heterocycles. The molecular weight excluding hydrogens is 388 g/mol. The van der Waals surface area contributed by atoms with Gasteiger partial charge < -0.3 is 14.5 Å². The fourth-order valence-electron chi connectivity index (χ4n) is 4.17. The van der Waals surface area contributed by atoms with Gasteiger partial charge in [-0.05, 0) is 41.1 Å². The van der Waals surface area contributed by atoms with E-state index in [4.69, 9.17) is 4.74 Å². The zero-order valence-corrected chi connectivity index (χ0v) is 18.0. The highest BCUT2D eigenvalue weighted by Gasteiger charge is 2.24. The molecule has 0 saturated carbocycles. The summed E-state index contributed by atoms with van der Waals surface area (Å²) in [5, 5.41) is 2.17. The number of carbonyl (C=O) groups is 2. The van der Waals surface area contributed by atoms with Crippen LogP contribution in [0, 0.1) is 0 Å². The number of ketones is 1. The van der Waals surface area contributed by atoms with Gasteiger partial charge in [-0.25, -0.2) is 0 Å². The summed E-state index contributed by atoms with van der Waals surface area (Å²) in [7, 11) is 1.67. The lowest BCUT2D eigenvalue weighted by Crippen LogP contribution is -3.13. The predicted octanol–water partition coefficient (Wildman–Crippen LogP) is 2.74. The fourth-order valence-corrected chi connectivity index (χ4v) is 4.17. The standard InChI is InChI=1S/C26H28N2O3/c1-31-24-10-6-20(7-11-24)19-27-14-16-28(17-15-27)26(30)13-12-25(29)23-9-8-21-4-2-3-5-22(21)18-23/h2-11,18H,12-17,19H2,1H3/p+1. The first-order valence-corrected chi connectivity index (χ1v) is 10.9. The van der Waals surface area contributed by atoms with Crippen molar-refractivity contribution in [2.75, 3.05) is 33.3 Å². The van der Waals surface area contributed by atoms with Crippen molar-refractivity contribution in [1.82, 2.24) is 4.90 Å². The number of Topliss-reactive ketones (excluding diaryl/α,β-unsaturated/α-hetero) is 1. The Morgan fingerprint density at radius 1 is 0.903 bits per heavy atom. The number of quaternary nitrogens is 1. The van der Waals surface area contributed by atoms with E-state index in [1.807, 2.05) is 59.5 Å². The van der Waals surface area contributed by atoms with Gasteiger partial charge in [-0.15, -0.1) is 0 Å². The third-order valence-corrected chi connectivity index (χ3v) is 6.07. The lowest BCUT2D eigenvalue weighted by Gasteiger charge is -2.32. The van der Waals surface area contributed by atoms with E-state index in [2.05, 4.69) is 12.1 Å². The normalized spacial score (nSPS) is 14.5. The number of piperazine rings is 1. The maximum absolute atomic E-state index is 12.6. The Morgan fingerprint density at radius 3 is 2.32 bits per heavy atom. The van der Waals surface area contributed by atoms with E-state index in [0.29, 0.717) is 5.56 Å². The fraction of sp³-hybridized carbons (Fsp3) is 0.308. The number of amides is 1. The summed E-state index contributed by atoms with van der Waals surface area (Å²) >= 11 is 0. The number of methoxy groups -OCH3 is 1. The molecule has 1 N–H and O–H groups in total. The number of rotatable bonds is 7. The van der Waals surface area contributed by atoms with E-state index in [9.17, 15) is 9.59 Å². The first kappa shape index (κ1) is 21.1. The monoisotopic (exact) mass is 417 g/mol. The molecule has 5 heteroatoms. The summed E-state index contributed by atoms with van der Waals surface area (Å²) in [5.74, 6) is 0.980. The van der Waals surface area contributed by atoms with Gasteiger partial charge in [-0.3, -0.25) is 9.59 Å². The molecule has 5 nitrogen and oxygen atoms in total. The van der Waals surface area contributed by atoms with Gasteiger partial charge in [-0.2, -0.15) is 0 Å². The number of hydrogen-bond acceptors (Lipinski definition) is 3. The maximum Gasteiger partial charge on any atom is 0.223 e. The van der Waals surface area contributed by atoms with Crippen molar-refractivity contribution in [3.05, 3.63) is 77.9 Å². The molecule has 1 aliphatic heterocycles. The third kappa shape index (κ3) is 5.30. The number of ether oxygens (including phenoxy) is 1. The van der Waals surface area contributed by atoms with Crippen molar-refractivity contribution in [3.63, 3.8) is 0 Å². The smallest absolute Gasteiger partial charge is 0.223 e. The summed E-state index contributed by atoms with van der Waals surface area (Å²) in [4.78, 5) is 28.6. The van der Waals surface area contributed by atoms with Gasteiger partial charge in [0, 0.05) is 24.0 Å². The molecule has 0 unspecified atom stereocenters. The van der Waals surface area contributed by atoms with Crippen LogP contribution in [0.2, 0.25) is 0 Å². The second-order valence-electron chi connectivity index (χ2n) is 8.14. The highest BCUT2D eigenvalue weighted by molar-refractivity contribution is 6.01. The lowest BCUT2D eigenvalue weighted by atomic mass is 10.0. The van der Waals surface area contributed by atoms with Crippen LogP contribution in [0.25, 0.3) is 10.8 Å². The molecule has 0 aromatic heterocycles. The van der Waals surface area contributed by atoms with Gasteiger partial charge in [0.1, 0.15) is 12.3 Å². The van der Waals surface area contributed by atoms with Crippen molar-refractivity contribution in [2.45, 2.75) is 19.4 Å². The minimum atomic E-state index is 0.0304. The molecule has 0 spiro atoms. The molecule has 1 amide bonds. The quantitative estimate of drug-likeness (QED) is 0.602. The number of nitrogens with zero attached hydrogens (tertiary/aromatic N) is 1. The first-order chi connectivity index (χ1) is 15.1. The number of nitrogens with one attached hydrogen (secondary N) is 1. The molecule has 4 rings (SSSR count). The highest BCUT2D eigenvalue weighted by atomic mass is 16.5. The van der Waals surface area contributed by atoms with Crippen LogP contribution in [-0.4, -0.2) is 49.9 Å². The van der Waals surface area contributed by atoms with Crippen molar-refractivity contribution in [2.24, 2.45) is 0 Å². The predicted molar refractivity (Wildman–Crippen MR) is 121 cm³/mol. The largest absolute Gasteiger partial charge is 0.497 e. The Kier molecular flexibility index (Phi) is 6.63. The molecule has 31 heavy (non-hydrogen) atoms. The Labute approximate surface area is 183 Å². The van der Waals surface area contributed by atoms with Gasteiger partial charge in [0.05, 0.1) is 33.3 Å². The van der Waals surface area contributed by atoms with E-state index in [0.717, 1.165) is 49.2 Å². The number of hydrogen-bond donors (Lipinski definition) is 1. The van der Waals surface area contributed by atoms with Crippen LogP contribution in [0.5, 0.6) is 5.75 Å². The average molecular weight is 418 g/mol. The summed E-state index contributed by atoms with van der Waals surface area (Å²) in [5.41, 5.74) is 1.96. The van der Waals surface area contributed by atoms with Crippen LogP contribution < -0.4 is 9.64 Å². The molecule has 1 saturated heterocycles. The van der Waals surface area contributed by atoms with E-state index >= 15 is 0 Å². The Balaban J connectivity index is 1.24. The molecule has 0 atom stereocenters. The second kappa shape index (κ2) is 9.75. The second-order valence-corrected chi connectivity index (χ2v) is 8.14. The summed E-state index contributed by atoms with van der Waals surface area (Å²) in [6.45, 7) is 4.29. The average Bonchev–Trinajstić information content (AvgIpc) is 2.83. The van der Waals surface area contributed by atoms with E-state index in [-0.39, 0.29) is 24.5 Å². The van der Waals surface area contributed by atoms with Gasteiger partial charge in [-0.1, -0.05) is 36.4 Å². The van der Waals surface area contributed by atoms with E-state index < -0.39 is 0 Å². The molecular formula is C26H29N2O3+. The Hall–Kier alpha value is -3.18. The van der Waals surface area contributed by atoms with Crippen molar-refractivity contribution >= 4 is 22.5 Å². The molecule has 0 bridgehead atoms. The molecule has 3 aromatic carbocycles. The zero-order valence-electron chi connectivity index (χ0n) is 18.0. The number of fused-ring (bicyclic) bond motifs is 1. The third-order valence-electron chi connectivity index (χ3n) is 6.07. The summed E-state index contributed by atoms with van der Waals surface area (Å²) < 4.78 is 5.21.